The van der Waals surface area contributed by atoms with E-state index in [4.69, 9.17) is 4.84 Å². The Morgan fingerprint density at radius 1 is 0.933 bits per heavy atom. The molecular formula is C13H29NO. The van der Waals surface area contributed by atoms with E-state index >= 15 is 0 Å². The van der Waals surface area contributed by atoms with Gasteiger partial charge in [0, 0.05) is 6.54 Å². The van der Waals surface area contributed by atoms with Crippen molar-refractivity contribution < 1.29 is 4.84 Å². The molecule has 0 spiro atoms. The van der Waals surface area contributed by atoms with E-state index in [2.05, 4.69) is 26.3 Å². The predicted molar refractivity (Wildman–Crippen MR) is 66.8 cm³/mol. The summed E-state index contributed by atoms with van der Waals surface area (Å²) >= 11 is 0. The Hall–Kier alpha value is -0.0800. The molecule has 0 bridgehead atoms. The number of hydrogen-bond acceptors (Lipinski definition) is 2. The molecule has 0 aromatic rings. The lowest BCUT2D eigenvalue weighted by molar-refractivity contribution is -0.0195. The lowest BCUT2D eigenvalue weighted by atomic mass is 10.1. The Morgan fingerprint density at radius 3 is 2.27 bits per heavy atom. The SMILES string of the molecule is CCCCCCCCC(C)ONCCC. The molecule has 1 atom stereocenters. The second-order valence-corrected chi connectivity index (χ2v) is 4.38. The number of nitrogens with one attached hydrogen (secondary N) is 1. The smallest absolute Gasteiger partial charge is 0.0762 e. The minimum absolute atomic E-state index is 0.364. The molecule has 0 aromatic heterocycles. The van der Waals surface area contributed by atoms with Crippen LogP contribution in [0.3, 0.4) is 0 Å². The summed E-state index contributed by atoms with van der Waals surface area (Å²) in [6.07, 6.45) is 10.9. The minimum Gasteiger partial charge on any atom is -0.299 e. The fourth-order valence-corrected chi connectivity index (χ4v) is 1.57. The first-order valence-corrected chi connectivity index (χ1v) is 6.69. The van der Waals surface area contributed by atoms with Gasteiger partial charge in [0.1, 0.15) is 0 Å². The predicted octanol–water partition coefficient (Wildman–Crippen LogP) is 4.06. The van der Waals surface area contributed by atoms with Crippen LogP contribution in [0.25, 0.3) is 0 Å². The van der Waals surface area contributed by atoms with Crippen LogP contribution in [0.4, 0.5) is 0 Å². The van der Waals surface area contributed by atoms with Gasteiger partial charge in [0.15, 0.2) is 0 Å². The summed E-state index contributed by atoms with van der Waals surface area (Å²) in [6.45, 7) is 7.51. The van der Waals surface area contributed by atoms with E-state index in [-0.39, 0.29) is 0 Å². The summed E-state index contributed by atoms with van der Waals surface area (Å²) in [5.74, 6) is 0. The quantitative estimate of drug-likeness (QED) is 0.414. The van der Waals surface area contributed by atoms with E-state index in [0.717, 1.165) is 13.0 Å². The highest BCUT2D eigenvalue weighted by atomic mass is 16.7. The molecule has 0 aliphatic heterocycles. The number of hydroxylamine groups is 1. The highest BCUT2D eigenvalue weighted by Crippen LogP contribution is 2.09. The standard InChI is InChI=1S/C13H29NO/c1-4-6-7-8-9-10-11-13(3)15-14-12-5-2/h13-14H,4-12H2,1-3H3. The van der Waals surface area contributed by atoms with Crippen LogP contribution in [0, 0.1) is 0 Å². The highest BCUT2D eigenvalue weighted by molar-refractivity contribution is 4.51. The van der Waals surface area contributed by atoms with Crippen molar-refractivity contribution in [3.63, 3.8) is 0 Å². The van der Waals surface area contributed by atoms with Gasteiger partial charge in [-0.3, -0.25) is 4.84 Å². The monoisotopic (exact) mass is 215 g/mol. The zero-order valence-corrected chi connectivity index (χ0v) is 10.8. The molecule has 0 heterocycles. The molecule has 0 fully saturated rings. The fourth-order valence-electron chi connectivity index (χ4n) is 1.57. The molecule has 0 aliphatic rings. The van der Waals surface area contributed by atoms with Gasteiger partial charge in [-0.1, -0.05) is 52.4 Å². The van der Waals surface area contributed by atoms with Gasteiger partial charge in [0.05, 0.1) is 6.10 Å². The zero-order valence-electron chi connectivity index (χ0n) is 10.8. The molecule has 0 saturated carbocycles. The van der Waals surface area contributed by atoms with Crippen molar-refractivity contribution in [1.29, 1.82) is 0 Å². The van der Waals surface area contributed by atoms with E-state index in [1.807, 2.05) is 0 Å². The first kappa shape index (κ1) is 14.9. The van der Waals surface area contributed by atoms with E-state index in [1.165, 1.54) is 44.9 Å². The Kier molecular flexibility index (Phi) is 11.9. The van der Waals surface area contributed by atoms with Crippen LogP contribution in [-0.4, -0.2) is 12.6 Å². The van der Waals surface area contributed by atoms with Crippen molar-refractivity contribution in [1.82, 2.24) is 5.48 Å². The number of rotatable bonds is 11. The van der Waals surface area contributed by atoms with Gasteiger partial charge in [-0.05, 0) is 19.8 Å². The van der Waals surface area contributed by atoms with E-state index in [1.54, 1.807) is 0 Å². The molecule has 0 aromatic carbocycles. The molecule has 92 valence electrons. The molecule has 1 unspecified atom stereocenters. The Balaban J connectivity index is 3.06. The van der Waals surface area contributed by atoms with Gasteiger partial charge in [-0.15, -0.1) is 0 Å². The van der Waals surface area contributed by atoms with Crippen LogP contribution < -0.4 is 5.48 Å². The summed E-state index contributed by atoms with van der Waals surface area (Å²) < 4.78 is 0. The second kappa shape index (κ2) is 12.0. The average Bonchev–Trinajstić information content (AvgIpc) is 2.23. The molecule has 0 rings (SSSR count). The first-order chi connectivity index (χ1) is 7.31. The van der Waals surface area contributed by atoms with Crippen LogP contribution in [0.5, 0.6) is 0 Å². The van der Waals surface area contributed by atoms with Crippen molar-refractivity contribution in [2.45, 2.75) is 78.2 Å². The van der Waals surface area contributed by atoms with Crippen LogP contribution in [0.15, 0.2) is 0 Å². The van der Waals surface area contributed by atoms with Gasteiger partial charge in [0.25, 0.3) is 0 Å². The topological polar surface area (TPSA) is 21.3 Å². The third-order valence-corrected chi connectivity index (χ3v) is 2.60. The van der Waals surface area contributed by atoms with Gasteiger partial charge >= 0.3 is 0 Å². The minimum atomic E-state index is 0.364. The number of unbranched alkanes of at least 4 members (excludes halogenated alkanes) is 5. The maximum atomic E-state index is 5.46. The van der Waals surface area contributed by atoms with Gasteiger partial charge in [-0.25, -0.2) is 5.48 Å². The van der Waals surface area contributed by atoms with Crippen molar-refractivity contribution >= 4 is 0 Å². The van der Waals surface area contributed by atoms with E-state index in [0.29, 0.717) is 6.10 Å². The first-order valence-electron chi connectivity index (χ1n) is 6.69. The van der Waals surface area contributed by atoms with Crippen molar-refractivity contribution in [2.24, 2.45) is 0 Å². The van der Waals surface area contributed by atoms with Crippen molar-refractivity contribution in [3.8, 4) is 0 Å². The van der Waals surface area contributed by atoms with E-state index < -0.39 is 0 Å². The van der Waals surface area contributed by atoms with Crippen LogP contribution >= 0.6 is 0 Å². The maximum absolute atomic E-state index is 5.46. The molecule has 2 heteroatoms. The fraction of sp³-hybridized carbons (Fsp3) is 1.00. The molecule has 0 radical (unpaired) electrons. The molecule has 1 N–H and O–H groups in total. The van der Waals surface area contributed by atoms with Crippen LogP contribution in [-0.2, 0) is 4.84 Å². The normalized spacial score (nSPS) is 13.0. The van der Waals surface area contributed by atoms with Crippen LogP contribution in [0.2, 0.25) is 0 Å². The molecular weight excluding hydrogens is 186 g/mol. The van der Waals surface area contributed by atoms with Crippen LogP contribution in [0.1, 0.15) is 72.1 Å². The molecule has 2 nitrogen and oxygen atoms in total. The van der Waals surface area contributed by atoms with Crippen molar-refractivity contribution in [2.75, 3.05) is 6.54 Å². The zero-order chi connectivity index (χ0) is 11.4. The molecule has 0 saturated heterocycles. The molecule has 0 aliphatic carbocycles. The lowest BCUT2D eigenvalue weighted by Gasteiger charge is -2.12. The Bertz CT molecular complexity index is 117. The van der Waals surface area contributed by atoms with Gasteiger partial charge in [-0.2, -0.15) is 0 Å². The largest absolute Gasteiger partial charge is 0.299 e. The second-order valence-electron chi connectivity index (χ2n) is 4.38. The Morgan fingerprint density at radius 2 is 1.60 bits per heavy atom. The highest BCUT2D eigenvalue weighted by Gasteiger charge is 2.01. The summed E-state index contributed by atoms with van der Waals surface area (Å²) in [5.41, 5.74) is 3.00. The third kappa shape index (κ3) is 11.8. The summed E-state index contributed by atoms with van der Waals surface area (Å²) in [7, 11) is 0. The van der Waals surface area contributed by atoms with E-state index in [9.17, 15) is 0 Å². The van der Waals surface area contributed by atoms with Gasteiger partial charge in [0.2, 0.25) is 0 Å². The van der Waals surface area contributed by atoms with Gasteiger partial charge < -0.3 is 0 Å². The molecule has 15 heavy (non-hydrogen) atoms. The average molecular weight is 215 g/mol. The molecule has 0 amide bonds. The Labute approximate surface area is 95.7 Å². The third-order valence-electron chi connectivity index (χ3n) is 2.60. The summed E-state index contributed by atoms with van der Waals surface area (Å²) in [6, 6.07) is 0. The lowest BCUT2D eigenvalue weighted by Crippen LogP contribution is -2.22. The van der Waals surface area contributed by atoms with Crippen molar-refractivity contribution in [3.05, 3.63) is 0 Å². The number of hydrogen-bond donors (Lipinski definition) is 1. The maximum Gasteiger partial charge on any atom is 0.0762 e. The summed E-state index contributed by atoms with van der Waals surface area (Å²) in [4.78, 5) is 5.46. The summed E-state index contributed by atoms with van der Waals surface area (Å²) in [5, 5.41) is 0.